The Kier molecular flexibility index (Phi) is 4.24. The Morgan fingerprint density at radius 3 is 2.59 bits per heavy atom. The van der Waals surface area contributed by atoms with Crippen LogP contribution in [0.2, 0.25) is 0 Å². The summed E-state index contributed by atoms with van der Waals surface area (Å²) in [5.41, 5.74) is 1.09. The van der Waals surface area contributed by atoms with Crippen LogP contribution in [0.5, 0.6) is 0 Å². The first kappa shape index (κ1) is 14.8. The Labute approximate surface area is 133 Å². The van der Waals surface area contributed by atoms with Crippen molar-refractivity contribution in [2.75, 3.05) is 12.4 Å². The van der Waals surface area contributed by atoms with E-state index >= 15 is 0 Å². The second-order valence-electron chi connectivity index (χ2n) is 5.57. The zero-order chi connectivity index (χ0) is 15.5. The molecule has 2 aromatic rings. The number of nitrogens with one attached hydrogen (secondary N) is 1. The molecular weight excluding hydrogens is 296 g/mol. The van der Waals surface area contributed by atoms with Crippen molar-refractivity contribution in [1.29, 1.82) is 0 Å². The fourth-order valence-corrected chi connectivity index (χ4v) is 3.11. The largest absolute Gasteiger partial charge is 0.337 e. The van der Waals surface area contributed by atoms with Gasteiger partial charge < -0.3 is 10.2 Å². The number of thiophene rings is 1. The van der Waals surface area contributed by atoms with Gasteiger partial charge in [-0.3, -0.25) is 9.59 Å². The molecule has 22 heavy (non-hydrogen) atoms. The number of anilines is 1. The molecule has 1 N–H and O–H groups in total. The maximum atomic E-state index is 12.4. The van der Waals surface area contributed by atoms with Crippen molar-refractivity contribution in [3.05, 3.63) is 52.9 Å². The lowest BCUT2D eigenvalue weighted by molar-refractivity contribution is -0.117. The molecule has 0 bridgehead atoms. The average Bonchev–Trinajstić information content (AvgIpc) is 3.28. The van der Waals surface area contributed by atoms with Crippen LogP contribution in [0.4, 0.5) is 5.00 Å². The van der Waals surface area contributed by atoms with Gasteiger partial charge in [-0.25, -0.2) is 0 Å². The van der Waals surface area contributed by atoms with Crippen LogP contribution in [0, 0.1) is 5.92 Å². The molecular formula is C17H18N2O2S. The molecule has 1 aliphatic carbocycles. The van der Waals surface area contributed by atoms with E-state index in [9.17, 15) is 9.59 Å². The molecule has 0 aliphatic heterocycles. The third kappa shape index (κ3) is 3.54. The minimum absolute atomic E-state index is 0.0271. The standard InChI is InChI=1S/C17H18N2O2S/c1-19(11-12-5-3-2-4-6-12)17(21)14-9-10-15(22-14)18-16(20)13-7-8-13/h2-6,9-10,13H,7-8,11H2,1H3,(H,18,20). The normalized spacial score (nSPS) is 13.7. The fourth-order valence-electron chi connectivity index (χ4n) is 2.21. The zero-order valence-electron chi connectivity index (χ0n) is 12.4. The van der Waals surface area contributed by atoms with E-state index in [4.69, 9.17) is 0 Å². The fraction of sp³-hybridized carbons (Fsp3) is 0.294. The number of rotatable bonds is 5. The Morgan fingerprint density at radius 2 is 1.91 bits per heavy atom. The summed E-state index contributed by atoms with van der Waals surface area (Å²) in [5, 5.41) is 3.62. The average molecular weight is 314 g/mol. The lowest BCUT2D eigenvalue weighted by Gasteiger charge is -2.16. The molecule has 1 heterocycles. The van der Waals surface area contributed by atoms with Gasteiger partial charge in [0.1, 0.15) is 0 Å². The molecule has 1 fully saturated rings. The van der Waals surface area contributed by atoms with E-state index in [0.717, 1.165) is 23.4 Å². The van der Waals surface area contributed by atoms with Crippen LogP contribution < -0.4 is 5.32 Å². The summed E-state index contributed by atoms with van der Waals surface area (Å²) in [5.74, 6) is 0.210. The third-order valence-corrected chi connectivity index (χ3v) is 4.61. The van der Waals surface area contributed by atoms with Crippen LogP contribution in [0.1, 0.15) is 28.1 Å². The van der Waals surface area contributed by atoms with E-state index < -0.39 is 0 Å². The molecule has 0 atom stereocenters. The summed E-state index contributed by atoms with van der Waals surface area (Å²) in [4.78, 5) is 26.5. The molecule has 4 nitrogen and oxygen atoms in total. The topological polar surface area (TPSA) is 49.4 Å². The zero-order valence-corrected chi connectivity index (χ0v) is 13.2. The number of amides is 2. The predicted octanol–water partition coefficient (Wildman–Crippen LogP) is 3.37. The van der Waals surface area contributed by atoms with Crippen molar-refractivity contribution >= 4 is 28.2 Å². The number of nitrogens with zero attached hydrogens (tertiary/aromatic N) is 1. The molecule has 3 rings (SSSR count). The van der Waals surface area contributed by atoms with E-state index in [1.807, 2.05) is 30.3 Å². The Balaban J connectivity index is 1.61. The molecule has 1 aromatic heterocycles. The highest BCUT2D eigenvalue weighted by atomic mass is 32.1. The van der Waals surface area contributed by atoms with Gasteiger partial charge in [0.05, 0.1) is 9.88 Å². The molecule has 1 aliphatic rings. The molecule has 114 valence electrons. The lowest BCUT2D eigenvalue weighted by Crippen LogP contribution is -2.25. The summed E-state index contributed by atoms with van der Waals surface area (Å²) in [6, 6.07) is 13.5. The maximum Gasteiger partial charge on any atom is 0.264 e. The van der Waals surface area contributed by atoms with Gasteiger partial charge in [0.15, 0.2) is 0 Å². The van der Waals surface area contributed by atoms with Crippen LogP contribution in [0.3, 0.4) is 0 Å². The van der Waals surface area contributed by atoms with Gasteiger partial charge in [-0.2, -0.15) is 0 Å². The van der Waals surface area contributed by atoms with Crippen LogP contribution in [0.25, 0.3) is 0 Å². The van der Waals surface area contributed by atoms with Gasteiger partial charge in [0, 0.05) is 19.5 Å². The molecule has 0 spiro atoms. The molecule has 1 saturated carbocycles. The predicted molar refractivity (Wildman–Crippen MR) is 87.9 cm³/mol. The molecule has 2 amide bonds. The number of benzene rings is 1. The van der Waals surface area contributed by atoms with Crippen molar-refractivity contribution in [3.8, 4) is 0 Å². The molecule has 0 unspecified atom stereocenters. The monoisotopic (exact) mass is 314 g/mol. The smallest absolute Gasteiger partial charge is 0.264 e. The summed E-state index contributed by atoms with van der Waals surface area (Å²) >= 11 is 1.33. The van der Waals surface area contributed by atoms with Crippen LogP contribution in [-0.4, -0.2) is 23.8 Å². The first-order valence-electron chi connectivity index (χ1n) is 7.33. The van der Waals surface area contributed by atoms with Gasteiger partial charge in [-0.15, -0.1) is 11.3 Å². The van der Waals surface area contributed by atoms with E-state index in [1.165, 1.54) is 11.3 Å². The van der Waals surface area contributed by atoms with Crippen molar-refractivity contribution in [2.45, 2.75) is 19.4 Å². The highest BCUT2D eigenvalue weighted by molar-refractivity contribution is 7.18. The summed E-state index contributed by atoms with van der Waals surface area (Å²) < 4.78 is 0. The molecule has 0 saturated heterocycles. The van der Waals surface area contributed by atoms with Crippen molar-refractivity contribution in [1.82, 2.24) is 4.90 Å². The number of carbonyl (C=O) groups is 2. The highest BCUT2D eigenvalue weighted by Gasteiger charge is 2.30. The maximum absolute atomic E-state index is 12.4. The van der Waals surface area contributed by atoms with Crippen molar-refractivity contribution < 1.29 is 9.59 Å². The summed E-state index contributed by atoms with van der Waals surface area (Å²) in [6.45, 7) is 0.571. The quantitative estimate of drug-likeness (QED) is 0.920. The summed E-state index contributed by atoms with van der Waals surface area (Å²) in [6.07, 6.45) is 1.95. The minimum atomic E-state index is -0.0271. The first-order chi connectivity index (χ1) is 10.6. The summed E-state index contributed by atoms with van der Waals surface area (Å²) in [7, 11) is 1.79. The van der Waals surface area contributed by atoms with E-state index in [2.05, 4.69) is 5.32 Å². The number of hydrogen-bond donors (Lipinski definition) is 1. The van der Waals surface area contributed by atoms with Crippen molar-refractivity contribution in [2.24, 2.45) is 5.92 Å². The third-order valence-electron chi connectivity index (χ3n) is 3.62. The van der Waals surface area contributed by atoms with Crippen molar-refractivity contribution in [3.63, 3.8) is 0 Å². The van der Waals surface area contributed by atoms with Gasteiger partial charge in [0.2, 0.25) is 5.91 Å². The van der Waals surface area contributed by atoms with E-state index in [1.54, 1.807) is 24.1 Å². The Morgan fingerprint density at radius 1 is 1.18 bits per heavy atom. The second kappa shape index (κ2) is 6.32. The Hall–Kier alpha value is -2.14. The van der Waals surface area contributed by atoms with Crippen LogP contribution in [-0.2, 0) is 11.3 Å². The number of hydrogen-bond acceptors (Lipinski definition) is 3. The molecule has 1 aromatic carbocycles. The lowest BCUT2D eigenvalue weighted by atomic mass is 10.2. The number of carbonyl (C=O) groups excluding carboxylic acids is 2. The second-order valence-corrected chi connectivity index (χ2v) is 6.66. The SMILES string of the molecule is CN(Cc1ccccc1)C(=O)c1ccc(NC(=O)C2CC2)s1. The van der Waals surface area contributed by atoms with E-state index in [-0.39, 0.29) is 17.7 Å². The minimum Gasteiger partial charge on any atom is -0.337 e. The van der Waals surface area contributed by atoms with Gasteiger partial charge in [-0.05, 0) is 30.5 Å². The van der Waals surface area contributed by atoms with Gasteiger partial charge in [0.25, 0.3) is 5.91 Å². The van der Waals surface area contributed by atoms with Crippen LogP contribution in [0.15, 0.2) is 42.5 Å². The van der Waals surface area contributed by atoms with E-state index in [0.29, 0.717) is 11.4 Å². The molecule has 5 heteroatoms. The molecule has 0 radical (unpaired) electrons. The van der Waals surface area contributed by atoms with Gasteiger partial charge >= 0.3 is 0 Å². The van der Waals surface area contributed by atoms with Crippen LogP contribution >= 0.6 is 11.3 Å². The highest BCUT2D eigenvalue weighted by Crippen LogP contribution is 2.31. The van der Waals surface area contributed by atoms with Gasteiger partial charge in [-0.1, -0.05) is 30.3 Å². The Bertz CT molecular complexity index is 677. The first-order valence-corrected chi connectivity index (χ1v) is 8.15.